The second-order valence-electron chi connectivity index (χ2n) is 6.91. The van der Waals surface area contributed by atoms with Crippen molar-refractivity contribution in [1.29, 1.82) is 0 Å². The number of hydrogen-bond donors (Lipinski definition) is 0. The van der Waals surface area contributed by atoms with Gasteiger partial charge >= 0.3 is 0 Å². The maximum absolute atomic E-state index is 14.4. The van der Waals surface area contributed by atoms with Gasteiger partial charge in [-0.05, 0) is 6.07 Å². The van der Waals surface area contributed by atoms with Crippen LogP contribution in [0.3, 0.4) is 0 Å². The maximum atomic E-state index is 14.4. The Bertz CT molecular complexity index is 1170. The summed E-state index contributed by atoms with van der Waals surface area (Å²) in [7, 11) is 2.63. The summed E-state index contributed by atoms with van der Waals surface area (Å²) < 4.78 is 56.2. The molecule has 0 bridgehead atoms. The van der Waals surface area contributed by atoms with E-state index in [1.165, 1.54) is 11.9 Å². The van der Waals surface area contributed by atoms with Crippen molar-refractivity contribution >= 4 is 23.0 Å². The number of halogens is 4. The van der Waals surface area contributed by atoms with Crippen LogP contribution in [0.5, 0.6) is 0 Å². The summed E-state index contributed by atoms with van der Waals surface area (Å²) in [5, 5.41) is 0. The number of pyridine rings is 1. The number of aliphatic imine (C=N–C) groups is 1. The average molecular weight is 428 g/mol. The molecule has 1 aromatic heterocycles. The van der Waals surface area contributed by atoms with Gasteiger partial charge in [-0.1, -0.05) is 48.5 Å². The van der Waals surface area contributed by atoms with Gasteiger partial charge in [0.25, 0.3) is 17.8 Å². The Hall–Kier alpha value is -3.75. The fourth-order valence-corrected chi connectivity index (χ4v) is 3.49. The first-order valence-electron chi connectivity index (χ1n) is 9.24. The molecule has 0 saturated heterocycles. The van der Waals surface area contributed by atoms with E-state index in [1.807, 2.05) is 0 Å². The molecule has 2 heterocycles. The van der Waals surface area contributed by atoms with Crippen molar-refractivity contribution in [3.8, 4) is 0 Å². The smallest absolute Gasteiger partial charge is 0.272 e. The van der Waals surface area contributed by atoms with Crippen molar-refractivity contribution < 1.29 is 22.4 Å². The number of carbonyl (C=O) groups excluding carboxylic acids is 1. The topological polar surface area (TPSA) is 48.8 Å². The van der Waals surface area contributed by atoms with Gasteiger partial charge in [0.1, 0.15) is 5.69 Å². The highest BCUT2D eigenvalue weighted by Gasteiger charge is 2.36. The number of para-hydroxylation sites is 1. The first kappa shape index (κ1) is 20.5. The van der Waals surface area contributed by atoms with Gasteiger partial charge in [0.05, 0.1) is 11.4 Å². The quantitative estimate of drug-likeness (QED) is 0.470. The number of anilines is 2. The van der Waals surface area contributed by atoms with E-state index >= 15 is 0 Å². The lowest BCUT2D eigenvalue weighted by Gasteiger charge is -2.28. The number of nitrogens with zero attached hydrogens (tertiary/aromatic N) is 4. The van der Waals surface area contributed by atoms with E-state index in [9.17, 15) is 22.4 Å². The molecule has 31 heavy (non-hydrogen) atoms. The van der Waals surface area contributed by atoms with Crippen LogP contribution >= 0.6 is 0 Å². The summed E-state index contributed by atoms with van der Waals surface area (Å²) >= 11 is 0. The lowest BCUT2D eigenvalue weighted by atomic mass is 10.0. The Kier molecular flexibility index (Phi) is 5.18. The molecule has 5 nitrogen and oxygen atoms in total. The van der Waals surface area contributed by atoms with Crippen molar-refractivity contribution in [2.45, 2.75) is 6.17 Å². The van der Waals surface area contributed by atoms with Gasteiger partial charge in [0, 0.05) is 25.2 Å². The van der Waals surface area contributed by atoms with Crippen LogP contribution in [0.15, 0.2) is 59.6 Å². The van der Waals surface area contributed by atoms with Gasteiger partial charge in [-0.2, -0.15) is 22.5 Å². The zero-order chi connectivity index (χ0) is 22.3. The third-order valence-corrected chi connectivity index (χ3v) is 5.06. The van der Waals surface area contributed by atoms with Crippen LogP contribution in [-0.2, 0) is 4.79 Å². The van der Waals surface area contributed by atoms with Gasteiger partial charge in [-0.25, -0.2) is 4.99 Å². The molecule has 4 rings (SSSR count). The zero-order valence-electron chi connectivity index (χ0n) is 16.5. The van der Waals surface area contributed by atoms with Crippen LogP contribution in [0.2, 0.25) is 0 Å². The largest absolute Gasteiger partial charge is 0.340 e. The normalized spacial score (nSPS) is 15.9. The molecule has 0 radical (unpaired) electrons. The lowest BCUT2D eigenvalue weighted by Crippen LogP contribution is -2.45. The predicted octanol–water partition coefficient (Wildman–Crippen LogP) is 3.91. The number of fused-ring (bicyclic) bond motifs is 1. The molecule has 0 saturated carbocycles. The third kappa shape index (κ3) is 3.41. The highest BCUT2D eigenvalue weighted by molar-refractivity contribution is 6.20. The standard InChI is InChI=1S/C22H16F4N4O/c1-29-14-11-7-6-10-13(14)17(12-8-4-3-5-9-12)27-21(22(29)31)30(2)18-15(23)19(25)28-20(26)16(18)24/h3-11,21H,1-2H3. The van der Waals surface area contributed by atoms with E-state index in [-0.39, 0.29) is 0 Å². The maximum Gasteiger partial charge on any atom is 0.272 e. The van der Waals surface area contributed by atoms with E-state index in [4.69, 9.17) is 0 Å². The van der Waals surface area contributed by atoms with Crippen molar-refractivity contribution in [2.24, 2.45) is 4.99 Å². The van der Waals surface area contributed by atoms with Crippen LogP contribution in [0.4, 0.5) is 28.9 Å². The summed E-state index contributed by atoms with van der Waals surface area (Å²) in [4.78, 5) is 22.3. The van der Waals surface area contributed by atoms with E-state index in [0.29, 0.717) is 22.5 Å². The predicted molar refractivity (Wildman–Crippen MR) is 108 cm³/mol. The second kappa shape index (κ2) is 7.82. The van der Waals surface area contributed by atoms with Crippen LogP contribution in [0, 0.1) is 23.5 Å². The summed E-state index contributed by atoms with van der Waals surface area (Å²) in [5.41, 5.74) is 1.12. The molecule has 9 heteroatoms. The van der Waals surface area contributed by atoms with Crippen LogP contribution in [0.1, 0.15) is 11.1 Å². The molecule has 0 aliphatic carbocycles. The fourth-order valence-electron chi connectivity index (χ4n) is 3.49. The molecule has 2 aromatic carbocycles. The number of aromatic nitrogens is 1. The van der Waals surface area contributed by atoms with Crippen LogP contribution in [-0.4, -0.2) is 36.9 Å². The highest BCUT2D eigenvalue weighted by Crippen LogP contribution is 2.32. The minimum absolute atomic E-state index is 0.390. The summed E-state index contributed by atoms with van der Waals surface area (Å²) in [6.45, 7) is 0. The van der Waals surface area contributed by atoms with Gasteiger partial charge < -0.3 is 9.80 Å². The van der Waals surface area contributed by atoms with E-state index < -0.39 is 41.3 Å². The number of hydrogen-bond acceptors (Lipinski definition) is 4. The molecule has 1 atom stereocenters. The Labute approximate surface area is 175 Å². The van der Waals surface area contributed by atoms with Gasteiger partial charge in [0.2, 0.25) is 17.8 Å². The van der Waals surface area contributed by atoms with E-state index in [2.05, 4.69) is 9.98 Å². The molecule has 158 valence electrons. The Balaban J connectivity index is 1.94. The number of benzodiazepines with no additional fused rings is 1. The minimum Gasteiger partial charge on any atom is -0.340 e. The number of benzene rings is 2. The summed E-state index contributed by atoms with van der Waals surface area (Å²) in [5.74, 6) is -7.70. The van der Waals surface area contributed by atoms with Gasteiger partial charge in [0.15, 0.2) is 0 Å². The Morgan fingerprint density at radius 2 is 1.48 bits per heavy atom. The Morgan fingerprint density at radius 3 is 2.13 bits per heavy atom. The summed E-state index contributed by atoms with van der Waals surface area (Å²) in [6.07, 6.45) is -1.50. The molecule has 0 N–H and O–H groups in total. The minimum atomic E-state index is -1.81. The van der Waals surface area contributed by atoms with E-state index in [0.717, 1.165) is 11.9 Å². The number of amides is 1. The molecular formula is C22H16F4N4O. The van der Waals surface area contributed by atoms with E-state index in [1.54, 1.807) is 54.6 Å². The SMILES string of the molecule is CN1C(=O)C(N(C)c2c(F)c(F)nc(F)c2F)N=C(c2ccccc2)c2ccccc21. The lowest BCUT2D eigenvalue weighted by molar-refractivity contribution is -0.119. The van der Waals surface area contributed by atoms with Gasteiger partial charge in [-0.15, -0.1) is 0 Å². The first-order valence-corrected chi connectivity index (χ1v) is 9.24. The zero-order valence-corrected chi connectivity index (χ0v) is 16.5. The number of carbonyl (C=O) groups is 1. The molecule has 1 unspecified atom stereocenters. The number of likely N-dealkylation sites (N-methyl/N-ethyl adjacent to an activating group) is 2. The van der Waals surface area contributed by atoms with Crippen LogP contribution in [0.25, 0.3) is 0 Å². The number of rotatable bonds is 3. The van der Waals surface area contributed by atoms with Crippen LogP contribution < -0.4 is 9.80 Å². The van der Waals surface area contributed by atoms with Crippen molar-refractivity contribution in [1.82, 2.24) is 4.98 Å². The molecular weight excluding hydrogens is 412 g/mol. The first-order chi connectivity index (χ1) is 14.8. The highest BCUT2D eigenvalue weighted by atomic mass is 19.2. The van der Waals surface area contributed by atoms with Gasteiger partial charge in [-0.3, -0.25) is 4.79 Å². The molecule has 1 aliphatic heterocycles. The fraction of sp³-hybridized carbons (Fsp3) is 0.136. The second-order valence-corrected chi connectivity index (χ2v) is 6.91. The third-order valence-electron chi connectivity index (χ3n) is 5.06. The monoisotopic (exact) mass is 428 g/mol. The van der Waals surface area contributed by atoms with Crippen molar-refractivity contribution in [3.63, 3.8) is 0 Å². The molecule has 0 spiro atoms. The van der Waals surface area contributed by atoms with Crippen molar-refractivity contribution in [2.75, 3.05) is 23.9 Å². The molecule has 3 aromatic rings. The molecule has 0 fully saturated rings. The van der Waals surface area contributed by atoms with Crippen molar-refractivity contribution in [3.05, 3.63) is 89.3 Å². The average Bonchev–Trinajstić information content (AvgIpc) is 2.88. The summed E-state index contributed by atoms with van der Waals surface area (Å²) in [6, 6.07) is 15.9. The molecule has 1 amide bonds. The Morgan fingerprint density at radius 1 is 0.903 bits per heavy atom. The molecule has 1 aliphatic rings.